The SMILES string of the molecule is COCC(C)n1ncc2c(NN)ncnc21. The Morgan fingerprint density at radius 2 is 2.38 bits per heavy atom. The van der Waals surface area contributed by atoms with Crippen LogP contribution < -0.4 is 11.3 Å². The summed E-state index contributed by atoms with van der Waals surface area (Å²) in [5, 5.41) is 5.06. The van der Waals surface area contributed by atoms with Crippen LogP contribution in [0.3, 0.4) is 0 Å². The van der Waals surface area contributed by atoms with Gasteiger partial charge in [-0.2, -0.15) is 5.10 Å². The van der Waals surface area contributed by atoms with Gasteiger partial charge >= 0.3 is 0 Å². The molecule has 86 valence electrons. The maximum atomic E-state index is 5.36. The van der Waals surface area contributed by atoms with Crippen LogP contribution in [0.4, 0.5) is 5.82 Å². The van der Waals surface area contributed by atoms with Crippen molar-refractivity contribution in [2.45, 2.75) is 13.0 Å². The minimum Gasteiger partial charge on any atom is -0.382 e. The van der Waals surface area contributed by atoms with Crippen molar-refractivity contribution in [3.8, 4) is 0 Å². The molecule has 0 aliphatic carbocycles. The first-order valence-electron chi connectivity index (χ1n) is 4.91. The number of hydrogen-bond donors (Lipinski definition) is 2. The Labute approximate surface area is 92.6 Å². The lowest BCUT2D eigenvalue weighted by Gasteiger charge is -2.11. The summed E-state index contributed by atoms with van der Waals surface area (Å²) in [6, 6.07) is 0.114. The topological polar surface area (TPSA) is 90.9 Å². The molecule has 2 heterocycles. The van der Waals surface area contributed by atoms with Gasteiger partial charge in [-0.1, -0.05) is 0 Å². The second-order valence-electron chi connectivity index (χ2n) is 3.50. The molecule has 2 rings (SSSR count). The molecule has 0 aromatic carbocycles. The predicted octanol–water partition coefficient (Wildman–Crippen LogP) is 0.319. The first-order chi connectivity index (χ1) is 7.77. The van der Waals surface area contributed by atoms with Crippen molar-refractivity contribution in [1.29, 1.82) is 0 Å². The minimum atomic E-state index is 0.114. The molecule has 0 radical (unpaired) electrons. The Bertz CT molecular complexity index is 482. The molecule has 0 spiro atoms. The van der Waals surface area contributed by atoms with E-state index in [0.29, 0.717) is 12.4 Å². The number of methoxy groups -OCH3 is 1. The summed E-state index contributed by atoms with van der Waals surface area (Å²) < 4.78 is 6.88. The van der Waals surface area contributed by atoms with Crippen LogP contribution in [-0.4, -0.2) is 33.5 Å². The summed E-state index contributed by atoms with van der Waals surface area (Å²) >= 11 is 0. The average Bonchev–Trinajstić information content (AvgIpc) is 2.72. The number of ether oxygens (including phenoxy) is 1. The number of hydrogen-bond acceptors (Lipinski definition) is 6. The number of rotatable bonds is 4. The third kappa shape index (κ3) is 1.70. The molecule has 0 fully saturated rings. The van der Waals surface area contributed by atoms with Crippen molar-refractivity contribution in [2.24, 2.45) is 5.84 Å². The Balaban J connectivity index is 2.48. The van der Waals surface area contributed by atoms with Crippen molar-refractivity contribution in [1.82, 2.24) is 19.7 Å². The molecule has 3 N–H and O–H groups in total. The molecule has 7 heteroatoms. The van der Waals surface area contributed by atoms with Crippen molar-refractivity contribution in [2.75, 3.05) is 19.1 Å². The summed E-state index contributed by atoms with van der Waals surface area (Å²) in [4.78, 5) is 8.20. The fourth-order valence-corrected chi connectivity index (χ4v) is 1.61. The third-order valence-corrected chi connectivity index (χ3v) is 2.35. The molecule has 1 atom stereocenters. The summed E-state index contributed by atoms with van der Waals surface area (Å²) in [6.07, 6.45) is 3.14. The van der Waals surface area contributed by atoms with E-state index in [1.54, 1.807) is 18.0 Å². The predicted molar refractivity (Wildman–Crippen MR) is 59.7 cm³/mol. The summed E-state index contributed by atoms with van der Waals surface area (Å²) in [5.74, 6) is 5.93. The molecule has 7 nitrogen and oxygen atoms in total. The standard InChI is InChI=1S/C9H14N6O/c1-6(4-16-2)15-9-7(3-13-15)8(14-10)11-5-12-9/h3,5-6H,4,10H2,1-2H3,(H,11,12,14). The Morgan fingerprint density at radius 3 is 3.06 bits per heavy atom. The summed E-state index contributed by atoms with van der Waals surface area (Å²) in [6.45, 7) is 2.58. The number of aromatic nitrogens is 4. The van der Waals surface area contributed by atoms with E-state index in [1.807, 2.05) is 6.92 Å². The first kappa shape index (κ1) is 10.8. The number of anilines is 1. The van der Waals surface area contributed by atoms with Crippen molar-refractivity contribution in [3.63, 3.8) is 0 Å². The number of fused-ring (bicyclic) bond motifs is 1. The highest BCUT2D eigenvalue weighted by molar-refractivity contribution is 5.85. The molecule has 0 saturated carbocycles. The fourth-order valence-electron chi connectivity index (χ4n) is 1.61. The quantitative estimate of drug-likeness (QED) is 0.572. The van der Waals surface area contributed by atoms with E-state index in [4.69, 9.17) is 10.6 Å². The molecule has 2 aromatic rings. The van der Waals surface area contributed by atoms with E-state index < -0.39 is 0 Å². The van der Waals surface area contributed by atoms with Gasteiger partial charge in [-0.15, -0.1) is 0 Å². The highest BCUT2D eigenvalue weighted by Crippen LogP contribution is 2.20. The minimum absolute atomic E-state index is 0.114. The molecule has 16 heavy (non-hydrogen) atoms. The number of nitrogens with two attached hydrogens (primary N) is 1. The van der Waals surface area contributed by atoms with E-state index in [1.165, 1.54) is 6.33 Å². The van der Waals surface area contributed by atoms with Crippen LogP contribution >= 0.6 is 0 Å². The second kappa shape index (κ2) is 4.42. The zero-order valence-corrected chi connectivity index (χ0v) is 9.21. The second-order valence-corrected chi connectivity index (χ2v) is 3.50. The van der Waals surface area contributed by atoms with Crippen LogP contribution in [0.2, 0.25) is 0 Å². The number of nitrogen functional groups attached to an aromatic ring is 1. The third-order valence-electron chi connectivity index (χ3n) is 2.35. The molecular formula is C9H14N6O. The monoisotopic (exact) mass is 222 g/mol. The average molecular weight is 222 g/mol. The van der Waals surface area contributed by atoms with Gasteiger partial charge in [0.25, 0.3) is 0 Å². The van der Waals surface area contributed by atoms with Crippen molar-refractivity contribution in [3.05, 3.63) is 12.5 Å². The van der Waals surface area contributed by atoms with Gasteiger partial charge in [-0.05, 0) is 6.92 Å². The van der Waals surface area contributed by atoms with E-state index in [-0.39, 0.29) is 6.04 Å². The van der Waals surface area contributed by atoms with Crippen molar-refractivity contribution < 1.29 is 4.74 Å². The zero-order chi connectivity index (χ0) is 11.5. The summed E-state index contributed by atoms with van der Waals surface area (Å²) in [5.41, 5.74) is 3.26. The van der Waals surface area contributed by atoms with E-state index in [9.17, 15) is 0 Å². The summed E-state index contributed by atoms with van der Waals surface area (Å²) in [7, 11) is 1.66. The van der Waals surface area contributed by atoms with Gasteiger partial charge in [-0.25, -0.2) is 20.5 Å². The lowest BCUT2D eigenvalue weighted by molar-refractivity contribution is 0.158. The van der Waals surface area contributed by atoms with E-state index in [2.05, 4.69) is 20.5 Å². The Morgan fingerprint density at radius 1 is 1.56 bits per heavy atom. The van der Waals surface area contributed by atoms with Gasteiger partial charge in [-0.3, -0.25) is 0 Å². The van der Waals surface area contributed by atoms with Crippen molar-refractivity contribution >= 4 is 16.9 Å². The highest BCUT2D eigenvalue weighted by atomic mass is 16.5. The van der Waals surface area contributed by atoms with Crippen LogP contribution in [0.25, 0.3) is 11.0 Å². The zero-order valence-electron chi connectivity index (χ0n) is 9.21. The molecule has 2 aromatic heterocycles. The van der Waals surface area contributed by atoms with E-state index in [0.717, 1.165) is 11.0 Å². The Kier molecular flexibility index (Phi) is 2.97. The van der Waals surface area contributed by atoms with Crippen LogP contribution in [-0.2, 0) is 4.74 Å². The first-order valence-corrected chi connectivity index (χ1v) is 4.91. The van der Waals surface area contributed by atoms with Gasteiger partial charge in [0.15, 0.2) is 11.5 Å². The number of hydrazine groups is 1. The fraction of sp³-hybridized carbons (Fsp3) is 0.444. The lowest BCUT2D eigenvalue weighted by Crippen LogP contribution is -2.13. The molecule has 0 aliphatic heterocycles. The van der Waals surface area contributed by atoms with Gasteiger partial charge in [0, 0.05) is 7.11 Å². The Hall–Kier alpha value is -1.73. The lowest BCUT2D eigenvalue weighted by atomic mass is 10.3. The number of nitrogens with one attached hydrogen (secondary N) is 1. The van der Waals surface area contributed by atoms with Gasteiger partial charge < -0.3 is 10.2 Å². The molecule has 0 saturated heterocycles. The smallest absolute Gasteiger partial charge is 0.163 e. The normalized spacial score (nSPS) is 12.9. The number of nitrogens with zero attached hydrogens (tertiary/aromatic N) is 4. The van der Waals surface area contributed by atoms with Crippen LogP contribution in [0, 0.1) is 0 Å². The van der Waals surface area contributed by atoms with Crippen LogP contribution in [0.15, 0.2) is 12.5 Å². The highest BCUT2D eigenvalue weighted by Gasteiger charge is 2.13. The van der Waals surface area contributed by atoms with Crippen LogP contribution in [0.5, 0.6) is 0 Å². The van der Waals surface area contributed by atoms with Crippen LogP contribution in [0.1, 0.15) is 13.0 Å². The van der Waals surface area contributed by atoms with Gasteiger partial charge in [0.05, 0.1) is 24.2 Å². The molecule has 0 amide bonds. The largest absolute Gasteiger partial charge is 0.382 e. The molecule has 1 unspecified atom stereocenters. The maximum absolute atomic E-state index is 5.36. The molecule has 0 bridgehead atoms. The molecule has 0 aliphatic rings. The van der Waals surface area contributed by atoms with E-state index >= 15 is 0 Å². The molecular weight excluding hydrogens is 208 g/mol. The van der Waals surface area contributed by atoms with Gasteiger partial charge in [0.1, 0.15) is 6.33 Å². The maximum Gasteiger partial charge on any atom is 0.163 e. The van der Waals surface area contributed by atoms with Gasteiger partial charge in [0.2, 0.25) is 0 Å².